The Bertz CT molecular complexity index is 1780. The van der Waals surface area contributed by atoms with Gasteiger partial charge in [0.25, 0.3) is 11.8 Å². The van der Waals surface area contributed by atoms with Crippen LogP contribution in [0.2, 0.25) is 0 Å². The third kappa shape index (κ3) is 8.04. The first-order valence-electron chi connectivity index (χ1n) is 15.0. The van der Waals surface area contributed by atoms with Crippen molar-refractivity contribution < 1.29 is 9.59 Å². The lowest BCUT2D eigenvalue weighted by molar-refractivity contribution is -0.115. The first-order valence-corrected chi connectivity index (χ1v) is 15.0. The highest BCUT2D eigenvalue weighted by atomic mass is 16.2. The molecule has 5 aromatic carbocycles. The fourth-order valence-electron chi connectivity index (χ4n) is 4.66. The van der Waals surface area contributed by atoms with Gasteiger partial charge < -0.3 is 4.90 Å². The molecule has 0 fully saturated rings. The highest BCUT2D eigenvalue weighted by Gasteiger charge is 2.17. The van der Waals surface area contributed by atoms with Gasteiger partial charge in [0.2, 0.25) is 0 Å². The van der Waals surface area contributed by atoms with Crippen molar-refractivity contribution in [2.24, 2.45) is 10.2 Å². The second-order valence-electron chi connectivity index (χ2n) is 10.8. The van der Waals surface area contributed by atoms with Gasteiger partial charge in [-0.1, -0.05) is 92.0 Å². The molecule has 0 radical (unpaired) electrons. The molecule has 0 aliphatic carbocycles. The SMILES string of the molecule is C=C(C)C(=O)N(N=Cc1ccc(N(c2ccccc2)c2ccc(C=NN(C(=O)C(=C)C)c3ccccc3)cc2)cc1)c1ccccc1. The molecule has 0 unspecified atom stereocenters. The maximum atomic E-state index is 12.8. The van der Waals surface area contributed by atoms with Crippen LogP contribution in [0.15, 0.2) is 174 Å². The van der Waals surface area contributed by atoms with Crippen LogP contribution in [0.5, 0.6) is 0 Å². The number of anilines is 5. The topological polar surface area (TPSA) is 68.6 Å². The number of hydrogen-bond acceptors (Lipinski definition) is 5. The van der Waals surface area contributed by atoms with E-state index in [2.05, 4.69) is 28.3 Å². The van der Waals surface area contributed by atoms with Gasteiger partial charge in [-0.05, 0) is 85.6 Å². The molecular formula is C40H35N5O2. The van der Waals surface area contributed by atoms with E-state index in [0.717, 1.165) is 28.2 Å². The Morgan fingerprint density at radius 1 is 0.468 bits per heavy atom. The molecule has 7 nitrogen and oxygen atoms in total. The smallest absolute Gasteiger partial charge is 0.273 e. The number of para-hydroxylation sites is 3. The van der Waals surface area contributed by atoms with E-state index in [9.17, 15) is 9.59 Å². The molecular weight excluding hydrogens is 582 g/mol. The average molecular weight is 618 g/mol. The van der Waals surface area contributed by atoms with E-state index in [4.69, 9.17) is 0 Å². The highest BCUT2D eigenvalue weighted by Crippen LogP contribution is 2.34. The normalized spacial score (nSPS) is 10.9. The van der Waals surface area contributed by atoms with Crippen molar-refractivity contribution in [1.82, 2.24) is 0 Å². The van der Waals surface area contributed by atoms with Crippen LogP contribution in [-0.4, -0.2) is 24.2 Å². The first kappa shape index (κ1) is 32.1. The van der Waals surface area contributed by atoms with Crippen LogP contribution >= 0.6 is 0 Å². The maximum Gasteiger partial charge on any atom is 0.273 e. The van der Waals surface area contributed by atoms with Crippen molar-refractivity contribution in [2.45, 2.75) is 13.8 Å². The summed E-state index contributed by atoms with van der Waals surface area (Å²) < 4.78 is 0. The minimum Gasteiger partial charge on any atom is -0.311 e. The molecule has 0 saturated carbocycles. The zero-order valence-electron chi connectivity index (χ0n) is 26.4. The van der Waals surface area contributed by atoms with Crippen LogP contribution in [-0.2, 0) is 9.59 Å². The largest absolute Gasteiger partial charge is 0.311 e. The van der Waals surface area contributed by atoms with Crippen LogP contribution in [0.4, 0.5) is 28.4 Å². The Morgan fingerprint density at radius 3 is 1.09 bits per heavy atom. The number of nitrogens with zero attached hydrogens (tertiary/aromatic N) is 5. The van der Waals surface area contributed by atoms with Crippen molar-refractivity contribution in [3.8, 4) is 0 Å². The summed E-state index contributed by atoms with van der Waals surface area (Å²) in [6, 6.07) is 44.5. The minimum atomic E-state index is -0.275. The van der Waals surface area contributed by atoms with Gasteiger partial charge >= 0.3 is 0 Å². The summed E-state index contributed by atoms with van der Waals surface area (Å²) in [5.74, 6) is -0.550. The lowest BCUT2D eigenvalue weighted by Crippen LogP contribution is -2.26. The van der Waals surface area contributed by atoms with E-state index in [-0.39, 0.29) is 11.8 Å². The van der Waals surface area contributed by atoms with Crippen molar-refractivity contribution in [2.75, 3.05) is 14.9 Å². The third-order valence-electron chi connectivity index (χ3n) is 7.08. The fraction of sp³-hybridized carbons (Fsp3) is 0.0500. The first-order chi connectivity index (χ1) is 22.8. The quantitative estimate of drug-likeness (QED) is 0.0844. The molecule has 0 N–H and O–H groups in total. The molecule has 0 saturated heterocycles. The van der Waals surface area contributed by atoms with Gasteiger partial charge in [0.15, 0.2) is 0 Å². The second kappa shape index (κ2) is 15.1. The van der Waals surface area contributed by atoms with Gasteiger partial charge in [0.1, 0.15) is 0 Å². The van der Waals surface area contributed by atoms with E-state index >= 15 is 0 Å². The molecule has 0 aliphatic heterocycles. The molecule has 0 aliphatic rings. The number of carbonyl (C=O) groups excluding carboxylic acids is 2. The maximum absolute atomic E-state index is 12.8. The summed E-state index contributed by atoms with van der Waals surface area (Å²) >= 11 is 0. The molecule has 47 heavy (non-hydrogen) atoms. The van der Waals surface area contributed by atoms with E-state index < -0.39 is 0 Å². The van der Waals surface area contributed by atoms with Crippen LogP contribution in [0, 0.1) is 0 Å². The number of carbonyl (C=O) groups is 2. The van der Waals surface area contributed by atoms with Gasteiger partial charge in [-0.3, -0.25) is 9.59 Å². The molecule has 5 rings (SSSR count). The molecule has 5 aromatic rings. The van der Waals surface area contributed by atoms with Crippen molar-refractivity contribution in [3.05, 3.63) is 175 Å². The Labute approximate surface area is 275 Å². The van der Waals surface area contributed by atoms with Gasteiger partial charge in [0, 0.05) is 28.2 Å². The molecule has 7 heteroatoms. The number of amides is 2. The number of hydrazone groups is 2. The minimum absolute atomic E-state index is 0.275. The van der Waals surface area contributed by atoms with Gasteiger partial charge in [0.05, 0.1) is 23.8 Å². The van der Waals surface area contributed by atoms with E-state index in [0.29, 0.717) is 22.5 Å². The van der Waals surface area contributed by atoms with E-state index in [1.54, 1.807) is 26.3 Å². The molecule has 0 bridgehead atoms. The van der Waals surface area contributed by atoms with E-state index in [1.807, 2.05) is 140 Å². The average Bonchev–Trinajstić information content (AvgIpc) is 3.11. The van der Waals surface area contributed by atoms with Crippen molar-refractivity contribution in [3.63, 3.8) is 0 Å². The lowest BCUT2D eigenvalue weighted by atomic mass is 10.1. The molecule has 0 spiro atoms. The van der Waals surface area contributed by atoms with Crippen molar-refractivity contribution in [1.29, 1.82) is 0 Å². The zero-order valence-corrected chi connectivity index (χ0v) is 26.4. The fourth-order valence-corrected chi connectivity index (χ4v) is 4.66. The van der Waals surface area contributed by atoms with Gasteiger partial charge in [-0.25, -0.2) is 0 Å². The summed E-state index contributed by atoms with van der Waals surface area (Å²) in [5.41, 5.74) is 6.63. The predicted molar refractivity (Wildman–Crippen MR) is 194 cm³/mol. The van der Waals surface area contributed by atoms with Crippen LogP contribution in [0.25, 0.3) is 0 Å². The Hall–Kier alpha value is -6.34. The van der Waals surface area contributed by atoms with Crippen LogP contribution in [0.1, 0.15) is 25.0 Å². The molecule has 0 heterocycles. The van der Waals surface area contributed by atoms with Crippen LogP contribution in [0.3, 0.4) is 0 Å². The second-order valence-corrected chi connectivity index (χ2v) is 10.8. The van der Waals surface area contributed by atoms with Crippen LogP contribution < -0.4 is 14.9 Å². The summed E-state index contributed by atoms with van der Waals surface area (Å²) in [5, 5.41) is 11.7. The van der Waals surface area contributed by atoms with Gasteiger partial charge in [-0.15, -0.1) is 0 Å². The predicted octanol–water partition coefficient (Wildman–Crippen LogP) is 9.04. The molecule has 0 atom stereocenters. The number of hydrogen-bond donors (Lipinski definition) is 0. The Balaban J connectivity index is 1.40. The summed E-state index contributed by atoms with van der Waals surface area (Å²) in [6.07, 6.45) is 3.33. The summed E-state index contributed by atoms with van der Waals surface area (Å²) in [4.78, 5) is 27.8. The molecule has 2 amide bonds. The Kier molecular flexibility index (Phi) is 10.3. The lowest BCUT2D eigenvalue weighted by Gasteiger charge is -2.25. The Morgan fingerprint density at radius 2 is 0.766 bits per heavy atom. The molecule has 232 valence electrons. The van der Waals surface area contributed by atoms with E-state index in [1.165, 1.54) is 10.0 Å². The number of benzene rings is 5. The highest BCUT2D eigenvalue weighted by molar-refractivity contribution is 6.06. The third-order valence-corrected chi connectivity index (χ3v) is 7.08. The summed E-state index contributed by atoms with van der Waals surface area (Å²) in [6.45, 7) is 10.9. The summed E-state index contributed by atoms with van der Waals surface area (Å²) in [7, 11) is 0. The monoisotopic (exact) mass is 617 g/mol. The van der Waals surface area contributed by atoms with Crippen molar-refractivity contribution >= 4 is 52.7 Å². The number of rotatable bonds is 11. The molecule has 0 aromatic heterocycles. The van der Waals surface area contributed by atoms with Gasteiger partial charge in [-0.2, -0.15) is 20.2 Å². The zero-order chi connectivity index (χ0) is 33.2. The standard InChI is InChI=1S/C40H35N5O2/c1-30(2)39(46)44(37-16-10-6-11-17-37)41-28-32-20-24-35(25-21-32)43(34-14-8-5-9-15-34)36-26-22-33(23-27-36)29-42-45(40(47)31(3)4)38-18-12-7-13-19-38/h5-29H,1,3H2,2,4H3.